The highest BCUT2D eigenvalue weighted by Gasteiger charge is 2.41. The summed E-state index contributed by atoms with van der Waals surface area (Å²) < 4.78 is 0. The summed E-state index contributed by atoms with van der Waals surface area (Å²) in [5.41, 5.74) is 33.7. The van der Waals surface area contributed by atoms with Gasteiger partial charge in [0.05, 0.1) is 0 Å². The lowest BCUT2D eigenvalue weighted by Gasteiger charge is -2.28. The van der Waals surface area contributed by atoms with Crippen LogP contribution in [0.1, 0.15) is 115 Å². The maximum Gasteiger partial charge on any atom is 0.0159 e. The summed E-state index contributed by atoms with van der Waals surface area (Å²) >= 11 is 0. The van der Waals surface area contributed by atoms with Gasteiger partial charge in [-0.05, 0) is 201 Å². The number of rotatable bonds is 4. The first-order chi connectivity index (χ1) is 38.5. The fourth-order valence-corrected chi connectivity index (χ4v) is 15.9. The Morgan fingerprint density at radius 2 is 0.738 bits per heavy atom. The third-order valence-electron chi connectivity index (χ3n) is 19.8. The Labute approximate surface area is 472 Å². The fraction of sp³-hybridized carbons (Fsp3) is 0.200. The van der Waals surface area contributed by atoms with E-state index >= 15 is 0 Å². The van der Waals surface area contributed by atoms with Gasteiger partial charge >= 0.3 is 0 Å². The molecule has 0 nitrogen and oxygen atoms in total. The second kappa shape index (κ2) is 16.2. The van der Waals surface area contributed by atoms with E-state index in [1.807, 2.05) is 0 Å². The topological polar surface area (TPSA) is 0 Å². The van der Waals surface area contributed by atoms with Gasteiger partial charge in [-0.15, -0.1) is 0 Å². The minimum atomic E-state index is -0.142. The Morgan fingerprint density at radius 3 is 1.20 bits per heavy atom. The number of allylic oxidation sites excluding steroid dienone is 4. The highest BCUT2D eigenvalue weighted by Crippen LogP contribution is 2.65. The molecular formula is C80H66. The molecule has 386 valence electrons. The van der Waals surface area contributed by atoms with Gasteiger partial charge in [-0.25, -0.2) is 0 Å². The van der Waals surface area contributed by atoms with E-state index in [-0.39, 0.29) is 27.6 Å². The Balaban J connectivity index is 1.01. The molecule has 80 heavy (non-hydrogen) atoms. The summed E-state index contributed by atoms with van der Waals surface area (Å²) in [6.45, 7) is 23.7. The number of fused-ring (bicyclic) bond motifs is 14. The van der Waals surface area contributed by atoms with Crippen LogP contribution >= 0.6 is 0 Å². The van der Waals surface area contributed by atoms with Gasteiger partial charge < -0.3 is 0 Å². The monoisotopic (exact) mass is 1030 g/mol. The summed E-state index contributed by atoms with van der Waals surface area (Å²) in [7, 11) is 0. The summed E-state index contributed by atoms with van der Waals surface area (Å²) in [5, 5.41) is 8.03. The van der Waals surface area contributed by atoms with E-state index in [0.717, 1.165) is 6.42 Å². The van der Waals surface area contributed by atoms with E-state index in [0.29, 0.717) is 0 Å². The van der Waals surface area contributed by atoms with Gasteiger partial charge in [0.2, 0.25) is 0 Å². The predicted octanol–water partition coefficient (Wildman–Crippen LogP) is 22.4. The highest BCUT2D eigenvalue weighted by atomic mass is 14.4. The van der Waals surface area contributed by atoms with Crippen LogP contribution in [0.4, 0.5) is 0 Å². The lowest BCUT2D eigenvalue weighted by molar-refractivity contribution is 0.510. The summed E-state index contributed by atoms with van der Waals surface area (Å²) in [6.07, 6.45) is 8.46. The molecule has 0 aliphatic heterocycles. The van der Waals surface area contributed by atoms with Crippen molar-refractivity contribution in [3.05, 3.63) is 239 Å². The largest absolute Gasteiger partial charge is 0.0799 e. The molecule has 0 saturated carbocycles. The van der Waals surface area contributed by atoms with Crippen molar-refractivity contribution >= 4 is 32.3 Å². The molecule has 0 heterocycles. The molecule has 0 aromatic heterocycles. The molecule has 16 rings (SSSR count). The van der Waals surface area contributed by atoms with Crippen molar-refractivity contribution in [3.8, 4) is 100 Å². The van der Waals surface area contributed by atoms with Crippen LogP contribution in [0.2, 0.25) is 0 Å². The zero-order valence-electron chi connectivity index (χ0n) is 47.8. The quantitative estimate of drug-likeness (QED) is 0.165. The molecule has 0 saturated heterocycles. The van der Waals surface area contributed by atoms with E-state index in [1.54, 1.807) is 0 Å². The lowest BCUT2D eigenvalue weighted by Crippen LogP contribution is -2.15. The van der Waals surface area contributed by atoms with E-state index in [1.165, 1.54) is 171 Å². The van der Waals surface area contributed by atoms with Crippen molar-refractivity contribution in [1.29, 1.82) is 0 Å². The molecule has 5 aliphatic carbocycles. The third-order valence-corrected chi connectivity index (χ3v) is 19.8. The Hall–Kier alpha value is -8.32. The zero-order chi connectivity index (χ0) is 54.5. The minimum Gasteiger partial charge on any atom is -0.0799 e. The Kier molecular flexibility index (Phi) is 9.63. The molecule has 0 fully saturated rings. The van der Waals surface area contributed by atoms with Gasteiger partial charge in [0, 0.05) is 16.7 Å². The molecule has 0 bridgehead atoms. The van der Waals surface area contributed by atoms with E-state index in [9.17, 15) is 0 Å². The number of hydrogen-bond donors (Lipinski definition) is 0. The molecule has 5 aliphatic rings. The van der Waals surface area contributed by atoms with Crippen LogP contribution in [-0.4, -0.2) is 0 Å². The second-order valence-electron chi connectivity index (χ2n) is 27.0. The Morgan fingerprint density at radius 1 is 0.350 bits per heavy atom. The minimum absolute atomic E-state index is 0.0442. The molecule has 0 spiro atoms. The van der Waals surface area contributed by atoms with Gasteiger partial charge in [0.25, 0.3) is 0 Å². The fourth-order valence-electron chi connectivity index (χ4n) is 15.9. The maximum absolute atomic E-state index is 2.56. The first kappa shape index (κ1) is 47.7. The molecule has 0 amide bonds. The molecule has 0 heteroatoms. The third kappa shape index (κ3) is 6.34. The predicted molar refractivity (Wildman–Crippen MR) is 342 cm³/mol. The van der Waals surface area contributed by atoms with Crippen LogP contribution in [0.15, 0.2) is 206 Å². The van der Waals surface area contributed by atoms with E-state index in [2.05, 4.69) is 269 Å². The second-order valence-corrected chi connectivity index (χ2v) is 27.0. The summed E-state index contributed by atoms with van der Waals surface area (Å²) in [6, 6.07) is 71.4. The zero-order valence-corrected chi connectivity index (χ0v) is 47.8. The van der Waals surface area contributed by atoms with E-state index in [4.69, 9.17) is 0 Å². The molecule has 11 aromatic rings. The van der Waals surface area contributed by atoms with Gasteiger partial charge in [0.15, 0.2) is 0 Å². The van der Waals surface area contributed by atoms with Crippen molar-refractivity contribution < 1.29 is 0 Å². The van der Waals surface area contributed by atoms with Crippen molar-refractivity contribution in [1.82, 2.24) is 0 Å². The van der Waals surface area contributed by atoms with Crippen molar-refractivity contribution in [3.63, 3.8) is 0 Å². The first-order valence-corrected chi connectivity index (χ1v) is 29.3. The molecule has 11 aromatic carbocycles. The average molecular weight is 1030 g/mol. The SMILES string of the molecule is CC(C)(C)C1=CCC(c2c3c(c(-c4ccc(C(C)(C)C)cc4)c4ccccc24)-c2ccc4c5c(ccc-3c25)-c2c-4c(-c3ccc4c(c3)C(C)(C)c3ccccc3-4)c3ccccc3c2-c2ccc3c(c2)C(C)(C)c2ccccc2-3)C=C1. The molecule has 0 radical (unpaired) electrons. The number of hydrogen-bond acceptors (Lipinski definition) is 0. The molecular weight excluding hydrogens is 961 g/mol. The van der Waals surface area contributed by atoms with Crippen molar-refractivity contribution in [2.45, 2.75) is 97.8 Å². The first-order valence-electron chi connectivity index (χ1n) is 29.3. The molecule has 1 unspecified atom stereocenters. The molecule has 0 N–H and O–H groups in total. The van der Waals surface area contributed by atoms with Crippen LogP contribution in [0, 0.1) is 5.41 Å². The van der Waals surface area contributed by atoms with Crippen molar-refractivity contribution in [2.24, 2.45) is 5.41 Å². The van der Waals surface area contributed by atoms with Crippen LogP contribution < -0.4 is 0 Å². The summed E-state index contributed by atoms with van der Waals surface area (Å²) in [4.78, 5) is 0. The van der Waals surface area contributed by atoms with Crippen LogP contribution in [0.25, 0.3) is 132 Å². The number of benzene rings is 11. The van der Waals surface area contributed by atoms with Crippen LogP contribution in [-0.2, 0) is 16.2 Å². The lowest BCUT2D eigenvalue weighted by atomic mass is 9.75. The van der Waals surface area contributed by atoms with E-state index < -0.39 is 0 Å². The molecule has 1 atom stereocenters. The highest BCUT2D eigenvalue weighted by molar-refractivity contribution is 6.34. The smallest absolute Gasteiger partial charge is 0.0159 e. The van der Waals surface area contributed by atoms with Crippen LogP contribution in [0.3, 0.4) is 0 Å². The van der Waals surface area contributed by atoms with Gasteiger partial charge in [0.1, 0.15) is 0 Å². The average Bonchev–Trinajstić information content (AvgIpc) is 4.15. The van der Waals surface area contributed by atoms with Gasteiger partial charge in [-0.2, -0.15) is 0 Å². The van der Waals surface area contributed by atoms with Gasteiger partial charge in [-0.3, -0.25) is 0 Å². The standard InChI is InChI=1S/C80H66/c1-77(2,3)49-33-27-45(28-34-49)67-55-21-11-12-22-56(55)68(46-29-35-50(36-30-46)78(4,5)6)74-60-40-42-62-72-61(41-39-59(71(60)72)73(67)74)75-69(47-31-37-53-51-19-15-17-25-63(51)79(7,8)65(53)43-47)57-23-13-14-24-58(57)70(76(62)75)48-32-38-54-52-20-16-18-26-64(52)80(9,10)66(54)44-48/h11-29,31-44,46H,30H2,1-10H3. The van der Waals surface area contributed by atoms with Crippen molar-refractivity contribution in [2.75, 3.05) is 0 Å². The Bertz CT molecular complexity index is 4500. The van der Waals surface area contributed by atoms with Crippen LogP contribution in [0.5, 0.6) is 0 Å². The van der Waals surface area contributed by atoms with Gasteiger partial charge in [-0.1, -0.05) is 257 Å². The summed E-state index contributed by atoms with van der Waals surface area (Å²) in [5.74, 6) is 0.219. The maximum atomic E-state index is 2.56. The normalized spacial score (nSPS) is 16.4.